The first kappa shape index (κ1) is 18.9. The largest absolute Gasteiger partial charge is 0.497 e. The normalized spacial score (nSPS) is 10.4. The quantitative estimate of drug-likeness (QED) is 0.579. The van der Waals surface area contributed by atoms with Gasteiger partial charge in [-0.15, -0.1) is 0 Å². The molecular formula is C17H21N3O4S. The van der Waals surface area contributed by atoms with E-state index in [9.17, 15) is 9.59 Å². The highest BCUT2D eigenvalue weighted by Crippen LogP contribution is 2.29. The molecule has 2 N–H and O–H groups in total. The molecule has 25 heavy (non-hydrogen) atoms. The maximum atomic E-state index is 12.2. The summed E-state index contributed by atoms with van der Waals surface area (Å²) in [7, 11) is 3.08. The van der Waals surface area contributed by atoms with Gasteiger partial charge in [-0.1, -0.05) is 18.7 Å². The Labute approximate surface area is 150 Å². The van der Waals surface area contributed by atoms with Gasteiger partial charge in [-0.3, -0.25) is 9.59 Å². The summed E-state index contributed by atoms with van der Waals surface area (Å²) in [4.78, 5) is 31.1. The van der Waals surface area contributed by atoms with Crippen LogP contribution < -0.4 is 20.3 Å². The number of rotatable bonds is 7. The van der Waals surface area contributed by atoms with E-state index < -0.39 is 0 Å². The molecule has 1 amide bonds. The first-order valence-corrected chi connectivity index (χ1v) is 8.71. The predicted molar refractivity (Wildman–Crippen MR) is 97.9 cm³/mol. The highest BCUT2D eigenvalue weighted by Gasteiger charge is 2.11. The molecule has 2 aromatic rings. The minimum atomic E-state index is -0.228. The van der Waals surface area contributed by atoms with Crippen LogP contribution in [0, 0.1) is 6.92 Å². The molecule has 0 spiro atoms. The average Bonchev–Trinajstić information content (AvgIpc) is 2.60. The van der Waals surface area contributed by atoms with Crippen molar-refractivity contribution in [3.63, 3.8) is 0 Å². The Balaban J connectivity index is 2.03. The van der Waals surface area contributed by atoms with Crippen LogP contribution in [0.3, 0.4) is 0 Å². The third kappa shape index (κ3) is 4.76. The molecular weight excluding hydrogens is 342 g/mol. The number of benzene rings is 1. The number of aryl methyl sites for hydroxylation is 1. The van der Waals surface area contributed by atoms with Crippen LogP contribution in [0.25, 0.3) is 0 Å². The van der Waals surface area contributed by atoms with Crippen LogP contribution in [0.15, 0.2) is 28.2 Å². The zero-order valence-corrected chi connectivity index (χ0v) is 15.5. The van der Waals surface area contributed by atoms with E-state index in [2.05, 4.69) is 15.3 Å². The van der Waals surface area contributed by atoms with E-state index in [0.29, 0.717) is 40.0 Å². The van der Waals surface area contributed by atoms with Crippen LogP contribution in [0.1, 0.15) is 18.2 Å². The Morgan fingerprint density at radius 1 is 1.32 bits per heavy atom. The first-order valence-electron chi connectivity index (χ1n) is 7.73. The fourth-order valence-corrected chi connectivity index (χ4v) is 3.00. The highest BCUT2D eigenvalue weighted by molar-refractivity contribution is 7.99. The number of thioether (sulfide) groups is 1. The number of aromatic nitrogens is 2. The van der Waals surface area contributed by atoms with E-state index in [4.69, 9.17) is 9.47 Å². The number of aromatic amines is 1. The number of amides is 1. The molecule has 0 saturated carbocycles. The number of nitrogens with zero attached hydrogens (tertiary/aromatic N) is 1. The van der Waals surface area contributed by atoms with Crippen molar-refractivity contribution in [2.75, 3.05) is 25.3 Å². The van der Waals surface area contributed by atoms with E-state index in [1.54, 1.807) is 32.2 Å². The van der Waals surface area contributed by atoms with E-state index in [-0.39, 0.29) is 17.2 Å². The second kappa shape index (κ2) is 8.57. The van der Waals surface area contributed by atoms with Gasteiger partial charge in [0.1, 0.15) is 11.5 Å². The number of hydrogen-bond donors (Lipinski definition) is 2. The molecule has 0 aliphatic heterocycles. The number of hydrogen-bond acceptors (Lipinski definition) is 6. The standard InChI is InChI=1S/C17H21N3O4S/c1-5-12-10(2)18-17(20-16(12)22)25-9-15(21)19-13-7-6-11(23-3)8-14(13)24-4/h6-8H,5,9H2,1-4H3,(H,19,21)(H,18,20,22). The SMILES string of the molecule is CCc1c(C)nc(SCC(=O)Nc2ccc(OC)cc2OC)[nH]c1=O. The van der Waals surface area contributed by atoms with Gasteiger partial charge in [0.15, 0.2) is 5.16 Å². The molecule has 1 aromatic carbocycles. The molecule has 0 atom stereocenters. The lowest BCUT2D eigenvalue weighted by Crippen LogP contribution is -2.18. The Morgan fingerprint density at radius 3 is 2.68 bits per heavy atom. The summed E-state index contributed by atoms with van der Waals surface area (Å²) in [5.74, 6) is 1.03. The minimum absolute atomic E-state index is 0.114. The predicted octanol–water partition coefficient (Wildman–Crippen LogP) is 2.39. The summed E-state index contributed by atoms with van der Waals surface area (Å²) in [6.45, 7) is 3.70. The lowest BCUT2D eigenvalue weighted by molar-refractivity contribution is -0.113. The Hall–Kier alpha value is -2.48. The van der Waals surface area contributed by atoms with E-state index >= 15 is 0 Å². The third-order valence-electron chi connectivity index (χ3n) is 3.58. The van der Waals surface area contributed by atoms with E-state index in [1.165, 1.54) is 18.9 Å². The molecule has 0 radical (unpaired) electrons. The van der Waals surface area contributed by atoms with Crippen LogP contribution in [-0.2, 0) is 11.2 Å². The molecule has 2 rings (SSSR count). The van der Waals surface area contributed by atoms with Gasteiger partial charge in [-0.05, 0) is 25.5 Å². The fourth-order valence-electron chi connectivity index (χ4n) is 2.29. The van der Waals surface area contributed by atoms with Crippen molar-refractivity contribution in [3.05, 3.63) is 39.8 Å². The van der Waals surface area contributed by atoms with Crippen molar-refractivity contribution >= 4 is 23.4 Å². The molecule has 7 nitrogen and oxygen atoms in total. The molecule has 134 valence electrons. The van der Waals surface area contributed by atoms with Gasteiger partial charge in [-0.25, -0.2) is 4.98 Å². The second-order valence-corrected chi connectivity index (χ2v) is 6.16. The Bertz CT molecular complexity index is 820. The van der Waals surface area contributed by atoms with Gasteiger partial charge in [0.25, 0.3) is 5.56 Å². The topological polar surface area (TPSA) is 93.3 Å². The summed E-state index contributed by atoms with van der Waals surface area (Å²) in [5, 5.41) is 3.20. The van der Waals surface area contributed by atoms with Gasteiger partial charge < -0.3 is 19.8 Å². The highest BCUT2D eigenvalue weighted by atomic mass is 32.2. The van der Waals surface area contributed by atoms with Gasteiger partial charge in [-0.2, -0.15) is 0 Å². The van der Waals surface area contributed by atoms with Gasteiger partial charge in [0, 0.05) is 17.3 Å². The molecule has 0 unspecified atom stereocenters. The number of carbonyl (C=O) groups is 1. The number of nitrogens with one attached hydrogen (secondary N) is 2. The van der Waals surface area contributed by atoms with Gasteiger partial charge >= 0.3 is 0 Å². The Morgan fingerprint density at radius 2 is 2.08 bits per heavy atom. The van der Waals surface area contributed by atoms with Gasteiger partial charge in [0.2, 0.25) is 5.91 Å². The van der Waals surface area contributed by atoms with E-state index in [0.717, 1.165) is 0 Å². The summed E-state index contributed by atoms with van der Waals surface area (Å²) in [6.07, 6.45) is 0.622. The zero-order chi connectivity index (χ0) is 18.4. The molecule has 1 aromatic heterocycles. The van der Waals surface area contributed by atoms with Crippen molar-refractivity contribution < 1.29 is 14.3 Å². The molecule has 0 fully saturated rings. The molecule has 1 heterocycles. The zero-order valence-electron chi connectivity index (χ0n) is 14.6. The smallest absolute Gasteiger partial charge is 0.254 e. The number of carbonyl (C=O) groups excluding carboxylic acids is 1. The van der Waals surface area contributed by atoms with Crippen LogP contribution >= 0.6 is 11.8 Å². The first-order chi connectivity index (χ1) is 12.0. The van der Waals surface area contributed by atoms with Crippen LogP contribution in [0.2, 0.25) is 0 Å². The lowest BCUT2D eigenvalue weighted by atomic mass is 10.2. The molecule has 0 saturated heterocycles. The van der Waals surface area contributed by atoms with Crippen molar-refractivity contribution in [2.45, 2.75) is 25.4 Å². The second-order valence-electron chi connectivity index (χ2n) is 5.19. The summed E-state index contributed by atoms with van der Waals surface area (Å²) in [5.41, 5.74) is 1.74. The number of methoxy groups -OCH3 is 2. The minimum Gasteiger partial charge on any atom is -0.497 e. The van der Waals surface area contributed by atoms with Crippen molar-refractivity contribution in [3.8, 4) is 11.5 Å². The van der Waals surface area contributed by atoms with Crippen LogP contribution in [0.5, 0.6) is 11.5 Å². The van der Waals surface area contributed by atoms with E-state index in [1.807, 2.05) is 6.92 Å². The van der Waals surface area contributed by atoms with Gasteiger partial charge in [0.05, 0.1) is 25.7 Å². The summed E-state index contributed by atoms with van der Waals surface area (Å²) in [6, 6.07) is 5.13. The fraction of sp³-hybridized carbons (Fsp3) is 0.353. The van der Waals surface area contributed by atoms with Crippen LogP contribution in [-0.4, -0.2) is 35.8 Å². The maximum Gasteiger partial charge on any atom is 0.254 e. The number of anilines is 1. The monoisotopic (exact) mass is 363 g/mol. The number of H-pyrrole nitrogens is 1. The molecule has 8 heteroatoms. The summed E-state index contributed by atoms with van der Waals surface area (Å²) >= 11 is 1.17. The molecule has 0 aliphatic rings. The Kier molecular flexibility index (Phi) is 6.46. The molecule has 0 aliphatic carbocycles. The maximum absolute atomic E-state index is 12.2. The summed E-state index contributed by atoms with van der Waals surface area (Å²) < 4.78 is 10.4. The van der Waals surface area contributed by atoms with Crippen LogP contribution in [0.4, 0.5) is 5.69 Å². The number of ether oxygens (including phenoxy) is 2. The van der Waals surface area contributed by atoms with Crippen molar-refractivity contribution in [2.24, 2.45) is 0 Å². The van der Waals surface area contributed by atoms with Crippen molar-refractivity contribution in [1.82, 2.24) is 9.97 Å². The average molecular weight is 363 g/mol. The molecule has 0 bridgehead atoms. The third-order valence-corrected chi connectivity index (χ3v) is 4.45. The lowest BCUT2D eigenvalue weighted by Gasteiger charge is -2.11. The van der Waals surface area contributed by atoms with Crippen molar-refractivity contribution in [1.29, 1.82) is 0 Å².